The third kappa shape index (κ3) is 7.26. The lowest BCUT2D eigenvalue weighted by Gasteiger charge is -2.26. The van der Waals surface area contributed by atoms with Gasteiger partial charge in [0.1, 0.15) is 13.8 Å². The first-order valence-corrected chi connectivity index (χ1v) is 13.0. The quantitative estimate of drug-likeness (QED) is 0.386. The van der Waals surface area contributed by atoms with E-state index in [4.69, 9.17) is 4.74 Å². The van der Waals surface area contributed by atoms with Gasteiger partial charge in [-0.25, -0.2) is 0 Å². The van der Waals surface area contributed by atoms with E-state index in [-0.39, 0.29) is 12.0 Å². The van der Waals surface area contributed by atoms with E-state index in [1.807, 2.05) is 12.1 Å². The second-order valence-electron chi connectivity index (χ2n) is 8.79. The lowest BCUT2D eigenvalue weighted by Crippen LogP contribution is -2.19. The van der Waals surface area contributed by atoms with Crippen LogP contribution < -0.4 is 4.74 Å². The van der Waals surface area contributed by atoms with E-state index >= 15 is 0 Å². The minimum Gasteiger partial charge on any atom is -0.493 e. The Morgan fingerprint density at radius 1 is 1.08 bits per heavy atom. The van der Waals surface area contributed by atoms with Crippen molar-refractivity contribution in [3.63, 3.8) is 0 Å². The number of aliphatic hydroxyl groups is 1. The van der Waals surface area contributed by atoms with Gasteiger partial charge in [0.25, 0.3) is 0 Å². The molecule has 0 amide bonds. The van der Waals surface area contributed by atoms with E-state index in [2.05, 4.69) is 58.8 Å². The Balaban J connectivity index is 3.27. The predicted octanol–water partition coefficient (Wildman–Crippen LogP) is 5.66. The summed E-state index contributed by atoms with van der Waals surface area (Å²) < 4.78 is 6.14. The Hall–Kier alpha value is -1.24. The SMILES string of the molecule is CCCCCCOc1ccc(CO)c(C#C[Si](C)(C)C)c1C(C)(C)C. The highest BCUT2D eigenvalue weighted by Crippen LogP contribution is 2.36. The van der Waals surface area contributed by atoms with Crippen LogP contribution in [0, 0.1) is 11.5 Å². The number of aliphatic hydroxyl groups excluding tert-OH is 1. The zero-order valence-electron chi connectivity index (χ0n) is 17.3. The normalized spacial score (nSPS) is 11.8. The van der Waals surface area contributed by atoms with Crippen LogP contribution in [-0.4, -0.2) is 19.8 Å². The van der Waals surface area contributed by atoms with Crippen LogP contribution >= 0.6 is 0 Å². The number of ether oxygens (including phenoxy) is 1. The van der Waals surface area contributed by atoms with Crippen LogP contribution in [0.2, 0.25) is 19.6 Å². The molecule has 0 heterocycles. The van der Waals surface area contributed by atoms with Crippen molar-refractivity contribution in [1.82, 2.24) is 0 Å². The molecule has 140 valence electrons. The molecule has 0 atom stereocenters. The summed E-state index contributed by atoms with van der Waals surface area (Å²) in [6.07, 6.45) is 4.77. The van der Waals surface area contributed by atoms with Gasteiger partial charge in [-0.2, -0.15) is 0 Å². The number of rotatable bonds is 7. The molecule has 2 nitrogen and oxygen atoms in total. The molecule has 1 N–H and O–H groups in total. The molecule has 0 radical (unpaired) electrons. The first-order chi connectivity index (χ1) is 11.6. The summed E-state index contributed by atoms with van der Waals surface area (Å²) in [4.78, 5) is 0. The first-order valence-electron chi connectivity index (χ1n) is 9.53. The van der Waals surface area contributed by atoms with Gasteiger partial charge in [-0.15, -0.1) is 5.54 Å². The van der Waals surface area contributed by atoms with E-state index in [9.17, 15) is 5.11 Å². The molecule has 3 heteroatoms. The van der Waals surface area contributed by atoms with Crippen LogP contribution in [0.3, 0.4) is 0 Å². The maximum atomic E-state index is 9.80. The van der Waals surface area contributed by atoms with Crippen molar-refractivity contribution in [3.8, 4) is 17.2 Å². The molecular formula is C22H36O2Si. The van der Waals surface area contributed by atoms with Crippen LogP contribution in [0.15, 0.2) is 12.1 Å². The first kappa shape index (κ1) is 21.8. The highest BCUT2D eigenvalue weighted by molar-refractivity contribution is 6.83. The highest BCUT2D eigenvalue weighted by atomic mass is 28.3. The van der Waals surface area contributed by atoms with E-state index in [1.54, 1.807) is 0 Å². The maximum absolute atomic E-state index is 9.80. The predicted molar refractivity (Wildman–Crippen MR) is 111 cm³/mol. The van der Waals surface area contributed by atoms with Crippen molar-refractivity contribution < 1.29 is 9.84 Å². The maximum Gasteiger partial charge on any atom is 0.129 e. The molecule has 1 aromatic carbocycles. The Bertz CT molecular complexity index is 610. The average Bonchev–Trinajstić information content (AvgIpc) is 2.50. The van der Waals surface area contributed by atoms with Gasteiger partial charge in [-0.3, -0.25) is 0 Å². The number of hydrogen-bond donors (Lipinski definition) is 1. The summed E-state index contributed by atoms with van der Waals surface area (Å²) >= 11 is 0. The molecule has 0 fully saturated rings. The van der Waals surface area contributed by atoms with Crippen LogP contribution in [0.25, 0.3) is 0 Å². The fourth-order valence-corrected chi connectivity index (χ4v) is 3.23. The monoisotopic (exact) mass is 360 g/mol. The third-order valence-corrected chi connectivity index (χ3v) is 4.87. The number of benzene rings is 1. The summed E-state index contributed by atoms with van der Waals surface area (Å²) in [5.41, 5.74) is 6.35. The number of unbranched alkanes of at least 4 members (excludes halogenated alkanes) is 3. The molecule has 0 spiro atoms. The number of hydrogen-bond acceptors (Lipinski definition) is 2. The zero-order chi connectivity index (χ0) is 19.1. The highest BCUT2D eigenvalue weighted by Gasteiger charge is 2.25. The van der Waals surface area contributed by atoms with Gasteiger partial charge in [0.15, 0.2) is 0 Å². The van der Waals surface area contributed by atoms with Gasteiger partial charge in [0, 0.05) is 11.1 Å². The molecule has 0 aliphatic heterocycles. The molecule has 0 aliphatic rings. The van der Waals surface area contributed by atoms with Gasteiger partial charge in [-0.05, 0) is 23.5 Å². The van der Waals surface area contributed by atoms with Gasteiger partial charge < -0.3 is 9.84 Å². The molecule has 0 aliphatic carbocycles. The van der Waals surface area contributed by atoms with E-state index in [0.717, 1.165) is 35.5 Å². The summed E-state index contributed by atoms with van der Waals surface area (Å²) in [6, 6.07) is 3.97. The van der Waals surface area contributed by atoms with Crippen molar-refractivity contribution >= 4 is 8.07 Å². The third-order valence-electron chi connectivity index (χ3n) is 3.99. The van der Waals surface area contributed by atoms with Crippen LogP contribution in [0.1, 0.15) is 70.1 Å². The second-order valence-corrected chi connectivity index (χ2v) is 13.5. The molecule has 0 saturated heterocycles. The van der Waals surface area contributed by atoms with Crippen molar-refractivity contribution in [2.24, 2.45) is 0 Å². The van der Waals surface area contributed by atoms with Gasteiger partial charge in [0.05, 0.1) is 13.2 Å². The minimum atomic E-state index is -1.50. The van der Waals surface area contributed by atoms with Gasteiger partial charge in [0.2, 0.25) is 0 Å². The van der Waals surface area contributed by atoms with Gasteiger partial charge in [-0.1, -0.05) is 78.6 Å². The summed E-state index contributed by atoms with van der Waals surface area (Å²) in [5.74, 6) is 4.32. The van der Waals surface area contributed by atoms with Crippen molar-refractivity contribution in [2.45, 2.75) is 85.0 Å². The van der Waals surface area contributed by atoms with Crippen LogP contribution in [0.4, 0.5) is 0 Å². The molecule has 0 aromatic heterocycles. The van der Waals surface area contributed by atoms with Gasteiger partial charge >= 0.3 is 0 Å². The van der Waals surface area contributed by atoms with Crippen molar-refractivity contribution in [3.05, 3.63) is 28.8 Å². The standard InChI is InChI=1S/C22H36O2Si/c1-8-9-10-11-15-24-20-13-12-18(17-23)19(14-16-25(5,6)7)21(20)22(2,3)4/h12-13,23H,8-11,15,17H2,1-7H3. The molecule has 25 heavy (non-hydrogen) atoms. The van der Waals surface area contributed by atoms with E-state index < -0.39 is 8.07 Å². The largest absolute Gasteiger partial charge is 0.493 e. The summed E-state index contributed by atoms with van der Waals surface area (Å²) in [7, 11) is -1.50. The molecule has 0 unspecified atom stereocenters. The fraction of sp³-hybridized carbons (Fsp3) is 0.636. The van der Waals surface area contributed by atoms with E-state index in [0.29, 0.717) is 0 Å². The average molecular weight is 361 g/mol. The van der Waals surface area contributed by atoms with Crippen LogP contribution in [-0.2, 0) is 12.0 Å². The lowest BCUT2D eigenvalue weighted by atomic mass is 9.81. The molecule has 0 saturated carbocycles. The molecular weight excluding hydrogens is 324 g/mol. The van der Waals surface area contributed by atoms with E-state index in [1.165, 1.54) is 19.3 Å². The fourth-order valence-electron chi connectivity index (χ4n) is 2.73. The van der Waals surface area contributed by atoms with Crippen molar-refractivity contribution in [1.29, 1.82) is 0 Å². The zero-order valence-corrected chi connectivity index (χ0v) is 18.3. The van der Waals surface area contributed by atoms with Crippen molar-refractivity contribution in [2.75, 3.05) is 6.61 Å². The Labute approximate surface area is 156 Å². The summed E-state index contributed by atoms with van der Waals surface area (Å²) in [6.45, 7) is 16.2. The molecule has 0 bridgehead atoms. The topological polar surface area (TPSA) is 29.5 Å². The second kappa shape index (κ2) is 9.45. The molecule has 1 aromatic rings. The lowest BCUT2D eigenvalue weighted by molar-refractivity contribution is 0.279. The smallest absolute Gasteiger partial charge is 0.129 e. The summed E-state index contributed by atoms with van der Waals surface area (Å²) in [5, 5.41) is 9.80. The Kier molecular flexibility index (Phi) is 8.24. The van der Waals surface area contributed by atoms with Crippen LogP contribution in [0.5, 0.6) is 5.75 Å². The molecule has 1 rings (SSSR count). The Morgan fingerprint density at radius 3 is 2.28 bits per heavy atom. The minimum absolute atomic E-state index is 0.00950. The Morgan fingerprint density at radius 2 is 1.76 bits per heavy atom.